The van der Waals surface area contributed by atoms with Crippen molar-refractivity contribution < 1.29 is 19.1 Å². The fourth-order valence-corrected chi connectivity index (χ4v) is 6.24. The van der Waals surface area contributed by atoms with E-state index in [9.17, 15) is 19.1 Å². The Morgan fingerprint density at radius 3 is 2.58 bits per heavy atom. The summed E-state index contributed by atoms with van der Waals surface area (Å²) in [6.07, 6.45) is 3.64. The summed E-state index contributed by atoms with van der Waals surface area (Å²) in [4.78, 5) is 24.6. The van der Waals surface area contributed by atoms with Crippen molar-refractivity contribution in [3.8, 4) is 0 Å². The molecular formula is C18H19BrFNO3. The van der Waals surface area contributed by atoms with E-state index in [-0.39, 0.29) is 23.7 Å². The minimum atomic E-state index is -1.18. The van der Waals surface area contributed by atoms with Crippen LogP contribution < -0.4 is 5.73 Å². The lowest BCUT2D eigenvalue weighted by Gasteiger charge is -2.39. The molecule has 3 aliphatic rings. The molecule has 0 heterocycles. The van der Waals surface area contributed by atoms with Gasteiger partial charge < -0.3 is 10.8 Å². The number of carbonyl (C=O) groups is 2. The van der Waals surface area contributed by atoms with Crippen molar-refractivity contribution in [1.82, 2.24) is 0 Å². The first-order valence-corrected chi connectivity index (χ1v) is 9.09. The molecule has 2 bridgehead atoms. The van der Waals surface area contributed by atoms with E-state index in [1.54, 1.807) is 12.1 Å². The molecule has 4 atom stereocenters. The minimum absolute atomic E-state index is 0.00832. The Labute approximate surface area is 147 Å². The molecule has 3 N–H and O–H groups in total. The lowest BCUT2D eigenvalue weighted by Crippen LogP contribution is -2.51. The molecule has 1 aromatic carbocycles. The quantitative estimate of drug-likeness (QED) is 0.821. The predicted molar refractivity (Wildman–Crippen MR) is 88.4 cm³/mol. The van der Waals surface area contributed by atoms with E-state index >= 15 is 0 Å². The van der Waals surface area contributed by atoms with Crippen LogP contribution in [0.3, 0.4) is 0 Å². The fourth-order valence-electron chi connectivity index (χ4n) is 5.91. The summed E-state index contributed by atoms with van der Waals surface area (Å²) < 4.78 is 15.0. The Balaban J connectivity index is 1.83. The normalized spacial score (nSPS) is 35.3. The van der Waals surface area contributed by atoms with E-state index in [1.807, 2.05) is 0 Å². The third kappa shape index (κ3) is 1.89. The van der Waals surface area contributed by atoms with Gasteiger partial charge in [-0.25, -0.2) is 4.39 Å². The molecule has 24 heavy (non-hydrogen) atoms. The molecule has 6 heteroatoms. The number of aliphatic carboxylic acids is 1. The van der Waals surface area contributed by atoms with Crippen LogP contribution in [0.5, 0.6) is 0 Å². The van der Waals surface area contributed by atoms with Gasteiger partial charge in [0.2, 0.25) is 5.91 Å². The number of hydrogen-bond donors (Lipinski definition) is 2. The molecule has 1 aromatic rings. The van der Waals surface area contributed by atoms with Gasteiger partial charge in [0, 0.05) is 4.47 Å². The predicted octanol–water partition coefficient (Wildman–Crippen LogP) is 3.12. The van der Waals surface area contributed by atoms with Crippen molar-refractivity contribution in [2.75, 3.05) is 0 Å². The van der Waals surface area contributed by atoms with E-state index in [0.717, 1.165) is 25.7 Å². The monoisotopic (exact) mass is 395 g/mol. The first-order valence-electron chi connectivity index (χ1n) is 8.29. The van der Waals surface area contributed by atoms with Crippen molar-refractivity contribution in [2.24, 2.45) is 34.3 Å². The van der Waals surface area contributed by atoms with E-state index in [0.29, 0.717) is 10.0 Å². The van der Waals surface area contributed by atoms with Gasteiger partial charge in [0.15, 0.2) is 0 Å². The Morgan fingerprint density at radius 1 is 1.33 bits per heavy atom. The Bertz CT molecular complexity index is 748. The molecule has 4 nitrogen and oxygen atoms in total. The molecule has 1 amide bonds. The van der Waals surface area contributed by atoms with E-state index in [2.05, 4.69) is 15.9 Å². The second kappa shape index (κ2) is 5.04. The minimum Gasteiger partial charge on any atom is -0.481 e. The van der Waals surface area contributed by atoms with Gasteiger partial charge in [-0.05, 0) is 67.1 Å². The summed E-state index contributed by atoms with van der Waals surface area (Å²) in [6.45, 7) is 0. The van der Waals surface area contributed by atoms with Crippen molar-refractivity contribution in [3.05, 3.63) is 34.1 Å². The van der Waals surface area contributed by atoms with Crippen LogP contribution in [-0.2, 0) is 16.0 Å². The zero-order valence-corrected chi connectivity index (χ0v) is 14.7. The van der Waals surface area contributed by atoms with Crippen LogP contribution in [-0.4, -0.2) is 17.0 Å². The molecule has 3 fully saturated rings. The highest BCUT2D eigenvalue weighted by Gasteiger charge is 2.77. The highest BCUT2D eigenvalue weighted by atomic mass is 79.9. The van der Waals surface area contributed by atoms with Gasteiger partial charge in [-0.1, -0.05) is 22.0 Å². The molecular weight excluding hydrogens is 377 g/mol. The molecule has 3 aliphatic carbocycles. The summed E-state index contributed by atoms with van der Waals surface area (Å²) in [7, 11) is 0. The Morgan fingerprint density at radius 2 is 2.04 bits per heavy atom. The molecule has 0 unspecified atom stereocenters. The third-order valence-corrected chi connectivity index (χ3v) is 7.32. The molecule has 0 radical (unpaired) electrons. The zero-order valence-electron chi connectivity index (χ0n) is 13.1. The van der Waals surface area contributed by atoms with Crippen LogP contribution in [0.4, 0.5) is 4.39 Å². The summed E-state index contributed by atoms with van der Waals surface area (Å²) in [6, 6.07) is 4.68. The highest BCUT2D eigenvalue weighted by molar-refractivity contribution is 9.10. The maximum atomic E-state index is 14.4. The lowest BCUT2D eigenvalue weighted by atomic mass is 9.62. The molecule has 4 rings (SSSR count). The van der Waals surface area contributed by atoms with Crippen LogP contribution >= 0.6 is 15.9 Å². The molecule has 0 aliphatic heterocycles. The average Bonchev–Trinajstić information content (AvgIpc) is 3.16. The SMILES string of the molecule is NC(=O)[C@@]1(Cc2ccc(Br)cc2F)[C@H](C(=O)O)[C@H]2CC[C@H]1C21CC1. The number of carboxylic acid groups (broad SMARTS) is 1. The summed E-state index contributed by atoms with van der Waals surface area (Å²) in [5, 5.41) is 9.86. The van der Waals surface area contributed by atoms with Gasteiger partial charge in [0.25, 0.3) is 0 Å². The topological polar surface area (TPSA) is 80.4 Å². The second-order valence-electron chi connectivity index (χ2n) is 7.60. The van der Waals surface area contributed by atoms with E-state index < -0.39 is 29.0 Å². The van der Waals surface area contributed by atoms with Gasteiger partial charge >= 0.3 is 5.97 Å². The molecule has 1 spiro atoms. The Kier molecular flexibility index (Phi) is 3.37. The summed E-state index contributed by atoms with van der Waals surface area (Å²) in [5.41, 5.74) is 4.93. The number of primary amides is 1. The first kappa shape index (κ1) is 16.1. The molecule has 0 aromatic heterocycles. The number of rotatable bonds is 4. The zero-order chi connectivity index (χ0) is 17.3. The van der Waals surface area contributed by atoms with Crippen LogP contribution in [0.25, 0.3) is 0 Å². The molecule has 0 saturated heterocycles. The average molecular weight is 396 g/mol. The first-order chi connectivity index (χ1) is 11.3. The van der Waals surface area contributed by atoms with Crippen molar-refractivity contribution in [2.45, 2.75) is 32.1 Å². The summed E-state index contributed by atoms with van der Waals surface area (Å²) >= 11 is 3.22. The third-order valence-electron chi connectivity index (χ3n) is 6.83. The van der Waals surface area contributed by atoms with E-state index in [4.69, 9.17) is 5.73 Å². The van der Waals surface area contributed by atoms with Gasteiger partial charge in [0.1, 0.15) is 5.82 Å². The van der Waals surface area contributed by atoms with Crippen molar-refractivity contribution >= 4 is 27.8 Å². The second-order valence-corrected chi connectivity index (χ2v) is 8.52. The van der Waals surface area contributed by atoms with Crippen molar-refractivity contribution in [3.63, 3.8) is 0 Å². The number of hydrogen-bond acceptors (Lipinski definition) is 2. The smallest absolute Gasteiger partial charge is 0.307 e. The Hall–Kier alpha value is -1.43. The van der Waals surface area contributed by atoms with Crippen molar-refractivity contribution in [1.29, 1.82) is 0 Å². The number of halogens is 2. The van der Waals surface area contributed by atoms with E-state index in [1.165, 1.54) is 6.07 Å². The fraction of sp³-hybridized carbons (Fsp3) is 0.556. The largest absolute Gasteiger partial charge is 0.481 e. The maximum absolute atomic E-state index is 14.4. The van der Waals surface area contributed by atoms with Crippen LogP contribution in [0.2, 0.25) is 0 Å². The molecule has 128 valence electrons. The van der Waals surface area contributed by atoms with Crippen LogP contribution in [0, 0.1) is 34.4 Å². The van der Waals surface area contributed by atoms with Gasteiger partial charge in [0.05, 0.1) is 11.3 Å². The number of benzene rings is 1. The van der Waals surface area contributed by atoms with Gasteiger partial charge in [-0.3, -0.25) is 9.59 Å². The van der Waals surface area contributed by atoms with Gasteiger partial charge in [-0.2, -0.15) is 0 Å². The highest BCUT2D eigenvalue weighted by Crippen LogP contribution is 2.78. The number of carbonyl (C=O) groups excluding carboxylic acids is 1. The van der Waals surface area contributed by atoms with Crippen LogP contribution in [0.1, 0.15) is 31.2 Å². The lowest BCUT2D eigenvalue weighted by molar-refractivity contribution is -0.155. The number of amides is 1. The molecule has 3 saturated carbocycles. The van der Waals surface area contributed by atoms with Crippen LogP contribution in [0.15, 0.2) is 22.7 Å². The number of carboxylic acids is 1. The standard InChI is InChI=1S/C18H19BrFNO3/c19-10-2-1-9(12(20)7-10)8-18(16(21)24)13-4-3-11(14(18)15(22)23)17(13)5-6-17/h1-2,7,11,13-14H,3-6,8H2,(H2,21,24)(H,22,23)/t11-,13+,14+,18-/m1/s1. The summed E-state index contributed by atoms with van der Waals surface area (Å²) in [5.74, 6) is -2.84. The van der Waals surface area contributed by atoms with Gasteiger partial charge in [-0.15, -0.1) is 0 Å². The maximum Gasteiger partial charge on any atom is 0.307 e. The number of nitrogens with two attached hydrogens (primary N) is 1.